The average Bonchev–Trinajstić information content (AvgIpc) is 2.45. The molecule has 0 saturated carbocycles. The van der Waals surface area contributed by atoms with Gasteiger partial charge in [-0.15, -0.1) is 6.58 Å². The number of benzene rings is 1. The van der Waals surface area contributed by atoms with Crippen molar-refractivity contribution in [2.45, 2.75) is 58.3 Å². The summed E-state index contributed by atoms with van der Waals surface area (Å²) in [4.78, 5) is 0. The van der Waals surface area contributed by atoms with Gasteiger partial charge in [0.2, 0.25) is 0 Å². The Morgan fingerprint density at radius 2 is 1.79 bits per heavy atom. The molecule has 1 aromatic carbocycles. The SMILES string of the molecule is C=CCCCCCCCc1ccccc1OCCC. The zero-order chi connectivity index (χ0) is 13.8. The van der Waals surface area contributed by atoms with Gasteiger partial charge in [-0.25, -0.2) is 0 Å². The normalized spacial score (nSPS) is 10.4. The Bertz CT molecular complexity index is 343. The predicted octanol–water partition coefficient (Wildman–Crippen LogP) is 5.54. The second-order valence-corrected chi connectivity index (χ2v) is 5.05. The minimum atomic E-state index is 0.818. The van der Waals surface area contributed by atoms with Gasteiger partial charge >= 0.3 is 0 Å². The lowest BCUT2D eigenvalue weighted by Crippen LogP contribution is -1.98. The molecule has 106 valence electrons. The van der Waals surface area contributed by atoms with E-state index in [0.717, 1.165) is 31.6 Å². The zero-order valence-electron chi connectivity index (χ0n) is 12.4. The second-order valence-electron chi connectivity index (χ2n) is 5.05. The molecule has 0 fully saturated rings. The van der Waals surface area contributed by atoms with Gasteiger partial charge in [0.05, 0.1) is 6.61 Å². The predicted molar refractivity (Wildman–Crippen MR) is 83.8 cm³/mol. The van der Waals surface area contributed by atoms with Crippen molar-refractivity contribution >= 4 is 0 Å². The third kappa shape index (κ3) is 7.05. The molecular formula is C18H28O. The average molecular weight is 260 g/mol. The molecule has 0 aliphatic carbocycles. The summed E-state index contributed by atoms with van der Waals surface area (Å²) in [6.45, 7) is 6.72. The Morgan fingerprint density at radius 3 is 2.58 bits per heavy atom. The molecule has 0 saturated heterocycles. The van der Waals surface area contributed by atoms with Crippen LogP contribution in [0.15, 0.2) is 36.9 Å². The van der Waals surface area contributed by atoms with Crippen molar-refractivity contribution in [2.75, 3.05) is 6.61 Å². The minimum absolute atomic E-state index is 0.818. The van der Waals surface area contributed by atoms with Crippen LogP contribution in [0.4, 0.5) is 0 Å². The van der Waals surface area contributed by atoms with Crippen LogP contribution in [-0.4, -0.2) is 6.61 Å². The van der Waals surface area contributed by atoms with Crippen LogP contribution in [0.2, 0.25) is 0 Å². The van der Waals surface area contributed by atoms with Crippen LogP contribution in [0.25, 0.3) is 0 Å². The second kappa shape index (κ2) is 10.7. The van der Waals surface area contributed by atoms with E-state index < -0.39 is 0 Å². The van der Waals surface area contributed by atoms with Crippen molar-refractivity contribution in [3.05, 3.63) is 42.5 Å². The van der Waals surface area contributed by atoms with Crippen molar-refractivity contribution in [1.29, 1.82) is 0 Å². The molecule has 0 aliphatic rings. The van der Waals surface area contributed by atoms with Crippen molar-refractivity contribution < 1.29 is 4.74 Å². The number of aryl methyl sites for hydroxylation is 1. The van der Waals surface area contributed by atoms with E-state index in [-0.39, 0.29) is 0 Å². The highest BCUT2D eigenvalue weighted by Crippen LogP contribution is 2.21. The smallest absolute Gasteiger partial charge is 0.122 e. The molecule has 1 rings (SSSR count). The summed E-state index contributed by atoms with van der Waals surface area (Å²) < 4.78 is 5.79. The van der Waals surface area contributed by atoms with E-state index in [4.69, 9.17) is 4.74 Å². The fraction of sp³-hybridized carbons (Fsp3) is 0.556. The topological polar surface area (TPSA) is 9.23 Å². The molecule has 0 heterocycles. The largest absolute Gasteiger partial charge is 0.493 e. The molecule has 0 N–H and O–H groups in total. The lowest BCUT2D eigenvalue weighted by Gasteiger charge is -2.10. The Kier molecular flexibility index (Phi) is 8.87. The van der Waals surface area contributed by atoms with Gasteiger partial charge < -0.3 is 4.74 Å². The van der Waals surface area contributed by atoms with E-state index >= 15 is 0 Å². The molecular weight excluding hydrogens is 232 g/mol. The maximum atomic E-state index is 5.79. The van der Waals surface area contributed by atoms with E-state index in [9.17, 15) is 0 Å². The lowest BCUT2D eigenvalue weighted by molar-refractivity contribution is 0.314. The molecule has 19 heavy (non-hydrogen) atoms. The quantitative estimate of drug-likeness (QED) is 0.374. The Labute approximate surface area is 118 Å². The van der Waals surface area contributed by atoms with Gasteiger partial charge in [0.1, 0.15) is 5.75 Å². The maximum absolute atomic E-state index is 5.79. The van der Waals surface area contributed by atoms with Crippen LogP contribution in [0, 0.1) is 0 Å². The first-order valence-electron chi connectivity index (χ1n) is 7.70. The van der Waals surface area contributed by atoms with Crippen LogP contribution >= 0.6 is 0 Å². The van der Waals surface area contributed by atoms with Gasteiger partial charge in [0, 0.05) is 0 Å². The monoisotopic (exact) mass is 260 g/mol. The molecule has 1 nitrogen and oxygen atoms in total. The van der Waals surface area contributed by atoms with Crippen LogP contribution in [-0.2, 0) is 6.42 Å². The summed E-state index contributed by atoms with van der Waals surface area (Å²) in [5, 5.41) is 0. The number of ether oxygens (including phenoxy) is 1. The number of unbranched alkanes of at least 4 members (excludes halogenated alkanes) is 5. The number of para-hydroxylation sites is 1. The third-order valence-corrected chi connectivity index (χ3v) is 3.29. The molecule has 0 aromatic heterocycles. The summed E-state index contributed by atoms with van der Waals surface area (Å²) in [6.07, 6.45) is 11.9. The van der Waals surface area contributed by atoms with Gasteiger partial charge in [0.15, 0.2) is 0 Å². The van der Waals surface area contributed by atoms with E-state index in [0.29, 0.717) is 0 Å². The number of hydrogen-bond acceptors (Lipinski definition) is 1. The van der Waals surface area contributed by atoms with E-state index in [1.54, 1.807) is 0 Å². The molecule has 0 spiro atoms. The van der Waals surface area contributed by atoms with Gasteiger partial charge in [-0.05, 0) is 43.7 Å². The fourth-order valence-electron chi connectivity index (χ4n) is 2.20. The highest BCUT2D eigenvalue weighted by Gasteiger charge is 2.02. The summed E-state index contributed by atoms with van der Waals surface area (Å²) in [7, 11) is 0. The molecule has 0 atom stereocenters. The fourth-order valence-corrected chi connectivity index (χ4v) is 2.20. The van der Waals surface area contributed by atoms with Gasteiger partial charge in [-0.2, -0.15) is 0 Å². The van der Waals surface area contributed by atoms with Gasteiger partial charge in [-0.3, -0.25) is 0 Å². The van der Waals surface area contributed by atoms with Crippen molar-refractivity contribution in [1.82, 2.24) is 0 Å². The van der Waals surface area contributed by atoms with Crippen LogP contribution in [0.3, 0.4) is 0 Å². The summed E-state index contributed by atoms with van der Waals surface area (Å²) in [5.41, 5.74) is 1.36. The minimum Gasteiger partial charge on any atom is -0.493 e. The highest BCUT2D eigenvalue weighted by molar-refractivity contribution is 5.33. The zero-order valence-corrected chi connectivity index (χ0v) is 12.4. The first kappa shape index (κ1) is 15.8. The van der Waals surface area contributed by atoms with E-state index in [2.05, 4.69) is 37.8 Å². The lowest BCUT2D eigenvalue weighted by atomic mass is 10.0. The van der Waals surface area contributed by atoms with E-state index in [1.165, 1.54) is 37.7 Å². The van der Waals surface area contributed by atoms with Crippen LogP contribution < -0.4 is 4.74 Å². The van der Waals surface area contributed by atoms with Crippen LogP contribution in [0.5, 0.6) is 5.75 Å². The summed E-state index contributed by atoms with van der Waals surface area (Å²) in [6, 6.07) is 8.46. The number of rotatable bonds is 11. The molecule has 1 heteroatoms. The Morgan fingerprint density at radius 1 is 1.05 bits per heavy atom. The summed E-state index contributed by atoms with van der Waals surface area (Å²) >= 11 is 0. The number of allylic oxidation sites excluding steroid dienone is 1. The van der Waals surface area contributed by atoms with Gasteiger partial charge in [-0.1, -0.05) is 50.5 Å². The summed E-state index contributed by atoms with van der Waals surface area (Å²) in [5.74, 6) is 1.08. The van der Waals surface area contributed by atoms with E-state index in [1.807, 2.05) is 6.08 Å². The Hall–Kier alpha value is -1.24. The Balaban J connectivity index is 2.22. The highest BCUT2D eigenvalue weighted by atomic mass is 16.5. The maximum Gasteiger partial charge on any atom is 0.122 e. The van der Waals surface area contributed by atoms with Crippen molar-refractivity contribution in [3.63, 3.8) is 0 Å². The number of hydrogen-bond donors (Lipinski definition) is 0. The van der Waals surface area contributed by atoms with Crippen LogP contribution in [0.1, 0.15) is 57.4 Å². The molecule has 0 amide bonds. The molecule has 1 aromatic rings. The van der Waals surface area contributed by atoms with Crippen molar-refractivity contribution in [2.24, 2.45) is 0 Å². The molecule has 0 bridgehead atoms. The van der Waals surface area contributed by atoms with Crippen molar-refractivity contribution in [3.8, 4) is 5.75 Å². The molecule has 0 radical (unpaired) electrons. The van der Waals surface area contributed by atoms with Gasteiger partial charge in [0.25, 0.3) is 0 Å². The molecule has 0 aliphatic heterocycles. The standard InChI is InChI=1S/C18H28O/c1-3-5-6-7-8-9-10-13-17-14-11-12-15-18(17)19-16-4-2/h3,11-12,14-15H,1,4-10,13,16H2,2H3. The first-order chi connectivity index (χ1) is 9.38. The molecule has 0 unspecified atom stereocenters. The third-order valence-electron chi connectivity index (χ3n) is 3.29. The first-order valence-corrected chi connectivity index (χ1v) is 7.70.